The first-order valence-electron chi connectivity index (χ1n) is 6.68. The van der Waals surface area contributed by atoms with E-state index in [1.54, 1.807) is 0 Å². The Labute approximate surface area is 136 Å². The monoisotopic (exact) mass is 330 g/mol. The van der Waals surface area contributed by atoms with Gasteiger partial charge in [0, 0.05) is 5.69 Å². The fourth-order valence-corrected chi connectivity index (χ4v) is 3.60. The highest BCUT2D eigenvalue weighted by molar-refractivity contribution is 7.99. The van der Waals surface area contributed by atoms with E-state index in [2.05, 4.69) is 26.3 Å². The number of rotatable bonds is 4. The van der Waals surface area contributed by atoms with Crippen molar-refractivity contribution in [3.8, 4) is 0 Å². The van der Waals surface area contributed by atoms with Gasteiger partial charge in [-0.3, -0.25) is 4.79 Å². The molecule has 3 aromatic rings. The van der Waals surface area contributed by atoms with Crippen molar-refractivity contribution in [1.29, 1.82) is 0 Å². The zero-order chi connectivity index (χ0) is 15.5. The fourth-order valence-electron chi connectivity index (χ4n) is 1.89. The molecule has 0 spiro atoms. The topological polar surface area (TPSA) is 67.8 Å². The lowest BCUT2D eigenvalue weighted by atomic mass is 10.2. The third-order valence-corrected chi connectivity index (χ3v) is 4.78. The summed E-state index contributed by atoms with van der Waals surface area (Å²) in [5, 5.41) is 4.26. The predicted octanol–water partition coefficient (Wildman–Crippen LogP) is 3.43. The van der Waals surface area contributed by atoms with E-state index in [1.807, 2.05) is 32.0 Å². The van der Waals surface area contributed by atoms with Crippen LogP contribution in [0.2, 0.25) is 0 Å². The maximum absolute atomic E-state index is 12.0. The minimum absolute atomic E-state index is 0.0861. The second-order valence-corrected chi connectivity index (χ2v) is 6.85. The number of carbonyl (C=O) groups is 1. The third-order valence-electron chi connectivity index (χ3n) is 2.92. The molecule has 5 nitrogen and oxygen atoms in total. The smallest absolute Gasteiger partial charge is 0.236 e. The second kappa shape index (κ2) is 6.41. The summed E-state index contributed by atoms with van der Waals surface area (Å²) in [6.07, 6.45) is 1.51. The normalized spacial score (nSPS) is 10.8. The van der Waals surface area contributed by atoms with Gasteiger partial charge in [0.25, 0.3) is 0 Å². The highest BCUT2D eigenvalue weighted by Crippen LogP contribution is 2.27. The number of amides is 1. The van der Waals surface area contributed by atoms with E-state index < -0.39 is 0 Å². The lowest BCUT2D eigenvalue weighted by molar-refractivity contribution is -0.113. The van der Waals surface area contributed by atoms with Crippen LogP contribution in [0.3, 0.4) is 0 Å². The Hall–Kier alpha value is -1.99. The molecule has 0 aliphatic rings. The Balaban J connectivity index is 1.63. The molecule has 0 saturated carbocycles. The van der Waals surface area contributed by atoms with Crippen LogP contribution in [0, 0.1) is 13.8 Å². The number of aryl methyl sites for hydroxylation is 2. The molecule has 1 amide bonds. The molecular formula is C15H14N4OS2. The maximum atomic E-state index is 12.0. The van der Waals surface area contributed by atoms with Crippen LogP contribution in [-0.4, -0.2) is 26.6 Å². The number of nitrogens with zero attached hydrogens (tertiary/aromatic N) is 3. The van der Waals surface area contributed by atoms with Gasteiger partial charge in [0.2, 0.25) is 5.91 Å². The van der Waals surface area contributed by atoms with Crippen LogP contribution in [-0.2, 0) is 4.79 Å². The summed E-state index contributed by atoms with van der Waals surface area (Å²) >= 11 is 2.87. The molecule has 2 aromatic heterocycles. The molecule has 22 heavy (non-hydrogen) atoms. The number of aromatic nitrogens is 3. The molecule has 3 rings (SSSR count). The van der Waals surface area contributed by atoms with Crippen LogP contribution in [0.15, 0.2) is 35.6 Å². The fraction of sp³-hybridized carbons (Fsp3) is 0.200. The van der Waals surface area contributed by atoms with Crippen molar-refractivity contribution in [3.05, 3.63) is 41.9 Å². The molecule has 1 N–H and O–H groups in total. The number of anilines is 1. The minimum atomic E-state index is -0.0861. The van der Waals surface area contributed by atoms with Gasteiger partial charge in [-0.15, -0.1) is 0 Å². The quantitative estimate of drug-likeness (QED) is 0.586. The van der Waals surface area contributed by atoms with Gasteiger partial charge in [0.1, 0.15) is 11.4 Å². The van der Waals surface area contributed by atoms with Crippen LogP contribution < -0.4 is 5.32 Å². The summed E-state index contributed by atoms with van der Waals surface area (Å²) in [5.74, 6) is 0.211. The minimum Gasteiger partial charge on any atom is -0.301 e. The maximum Gasteiger partial charge on any atom is 0.236 e. The zero-order valence-electron chi connectivity index (χ0n) is 12.2. The molecule has 1 aromatic carbocycles. The summed E-state index contributed by atoms with van der Waals surface area (Å²) in [6.45, 7) is 3.94. The molecule has 0 aliphatic carbocycles. The average Bonchev–Trinajstić information content (AvgIpc) is 2.86. The number of nitrogens with one attached hydrogen (secondary N) is 1. The van der Waals surface area contributed by atoms with Crippen molar-refractivity contribution >= 4 is 44.4 Å². The van der Waals surface area contributed by atoms with E-state index in [4.69, 9.17) is 0 Å². The van der Waals surface area contributed by atoms with Crippen LogP contribution in [0.25, 0.3) is 10.2 Å². The van der Waals surface area contributed by atoms with Crippen LogP contribution >= 0.6 is 23.1 Å². The van der Waals surface area contributed by atoms with E-state index in [0.717, 1.165) is 20.9 Å². The van der Waals surface area contributed by atoms with Crippen molar-refractivity contribution < 1.29 is 4.79 Å². The largest absolute Gasteiger partial charge is 0.301 e. The molecule has 2 heterocycles. The molecular weight excluding hydrogens is 316 g/mol. The highest BCUT2D eigenvalue weighted by Gasteiger charge is 2.09. The summed E-state index contributed by atoms with van der Waals surface area (Å²) in [5.41, 5.74) is 2.98. The first kappa shape index (κ1) is 14.9. The van der Waals surface area contributed by atoms with Crippen molar-refractivity contribution in [2.75, 3.05) is 11.1 Å². The third kappa shape index (κ3) is 3.61. The van der Waals surface area contributed by atoms with Crippen LogP contribution in [0.4, 0.5) is 5.13 Å². The van der Waals surface area contributed by atoms with E-state index in [0.29, 0.717) is 10.9 Å². The van der Waals surface area contributed by atoms with E-state index in [-0.39, 0.29) is 5.91 Å². The molecule has 112 valence electrons. The van der Waals surface area contributed by atoms with Gasteiger partial charge in [0.15, 0.2) is 5.13 Å². The molecule has 0 saturated heterocycles. The lowest BCUT2D eigenvalue weighted by Gasteiger charge is -2.01. The van der Waals surface area contributed by atoms with Crippen molar-refractivity contribution in [3.63, 3.8) is 0 Å². The van der Waals surface area contributed by atoms with Gasteiger partial charge in [-0.1, -0.05) is 29.2 Å². The van der Waals surface area contributed by atoms with Crippen molar-refractivity contribution in [2.24, 2.45) is 0 Å². The number of thioether (sulfide) groups is 1. The van der Waals surface area contributed by atoms with Gasteiger partial charge in [-0.2, -0.15) is 0 Å². The summed E-state index contributed by atoms with van der Waals surface area (Å²) in [7, 11) is 0. The average molecular weight is 330 g/mol. The molecule has 0 radical (unpaired) electrons. The number of carbonyl (C=O) groups excluding carboxylic acids is 1. The number of hydrogen-bond acceptors (Lipinski definition) is 6. The van der Waals surface area contributed by atoms with Gasteiger partial charge in [-0.25, -0.2) is 15.0 Å². The number of benzene rings is 1. The summed E-state index contributed by atoms with van der Waals surface area (Å²) in [4.78, 5) is 24.6. The van der Waals surface area contributed by atoms with Gasteiger partial charge < -0.3 is 5.32 Å². The lowest BCUT2D eigenvalue weighted by Crippen LogP contribution is -2.13. The van der Waals surface area contributed by atoms with Crippen LogP contribution in [0.5, 0.6) is 0 Å². The Morgan fingerprint density at radius 1 is 1.27 bits per heavy atom. The zero-order valence-corrected chi connectivity index (χ0v) is 13.8. The molecule has 0 unspecified atom stereocenters. The summed E-state index contributed by atoms with van der Waals surface area (Å²) in [6, 6.07) is 7.91. The number of fused-ring (bicyclic) bond motifs is 1. The van der Waals surface area contributed by atoms with Gasteiger partial charge in [-0.05, 0) is 37.6 Å². The highest BCUT2D eigenvalue weighted by atomic mass is 32.2. The molecule has 0 fully saturated rings. The first-order chi connectivity index (χ1) is 10.6. The van der Waals surface area contributed by atoms with E-state index in [9.17, 15) is 4.79 Å². The van der Waals surface area contributed by atoms with Crippen LogP contribution in [0.1, 0.15) is 11.3 Å². The predicted molar refractivity (Wildman–Crippen MR) is 90.5 cm³/mol. The van der Waals surface area contributed by atoms with E-state index in [1.165, 1.54) is 35.0 Å². The Bertz CT molecular complexity index is 831. The molecule has 0 atom stereocenters. The number of hydrogen-bond donors (Lipinski definition) is 1. The van der Waals surface area contributed by atoms with Gasteiger partial charge in [0.05, 0.1) is 16.0 Å². The number of thiazole rings is 1. The standard InChI is InChI=1S/C15H14N4OS2/c1-9-3-4-11-12(5-9)22-15(18-11)19-13(20)7-21-14-6-10(2)16-8-17-14/h3-6,8H,7H2,1-2H3,(H,18,19,20). The Morgan fingerprint density at radius 2 is 2.14 bits per heavy atom. The summed E-state index contributed by atoms with van der Waals surface area (Å²) < 4.78 is 1.08. The second-order valence-electron chi connectivity index (χ2n) is 4.82. The molecule has 0 bridgehead atoms. The van der Waals surface area contributed by atoms with Crippen molar-refractivity contribution in [1.82, 2.24) is 15.0 Å². The molecule has 0 aliphatic heterocycles. The molecule has 7 heteroatoms. The first-order valence-corrected chi connectivity index (χ1v) is 8.49. The Kier molecular flexibility index (Phi) is 4.35. The van der Waals surface area contributed by atoms with E-state index >= 15 is 0 Å². The van der Waals surface area contributed by atoms with Crippen molar-refractivity contribution in [2.45, 2.75) is 18.9 Å². The van der Waals surface area contributed by atoms with Gasteiger partial charge >= 0.3 is 0 Å². The Morgan fingerprint density at radius 3 is 2.95 bits per heavy atom. The SMILES string of the molecule is Cc1ccc2nc(NC(=O)CSc3cc(C)ncn3)sc2c1.